The van der Waals surface area contributed by atoms with Crippen LogP contribution >= 0.6 is 0 Å². The van der Waals surface area contributed by atoms with Crippen LogP contribution in [-0.4, -0.2) is 48.0 Å². The Bertz CT molecular complexity index is 360. The summed E-state index contributed by atoms with van der Waals surface area (Å²) < 4.78 is 28.5. The second kappa shape index (κ2) is 13.7. The van der Waals surface area contributed by atoms with E-state index in [0.29, 0.717) is 0 Å². The molecule has 0 fully saturated rings. The van der Waals surface area contributed by atoms with E-state index in [1.165, 1.54) is 0 Å². The van der Waals surface area contributed by atoms with Crippen molar-refractivity contribution in [2.45, 2.75) is 17.9 Å². The minimum Gasteiger partial charge on any atom is -0.550 e. The van der Waals surface area contributed by atoms with E-state index >= 15 is 0 Å². The number of aliphatic hydroxyl groups is 1. The van der Waals surface area contributed by atoms with E-state index in [-0.39, 0.29) is 65.7 Å². The molecular weight excluding hydrogens is 306 g/mol. The zero-order valence-corrected chi connectivity index (χ0v) is 15.3. The molecule has 0 aromatic carbocycles. The number of carbonyl (C=O) groups excluding carboxylic acids is 2. The summed E-state index contributed by atoms with van der Waals surface area (Å²) in [4.78, 5) is 19.7. The number of hydrogen-bond donors (Lipinski definition) is 4. The number of nitrogens with two attached hydrogens (primary N) is 2. The molecule has 10 nitrogen and oxygen atoms in total. The van der Waals surface area contributed by atoms with E-state index in [1.807, 2.05) is 0 Å². The van der Waals surface area contributed by atoms with Gasteiger partial charge in [-0.15, -0.1) is 0 Å². The molecule has 102 valence electrons. The first-order valence-electron chi connectivity index (χ1n) is 4.03. The zero-order valence-electron chi connectivity index (χ0n) is 10.5. The predicted molar refractivity (Wildman–Crippen MR) is 49.2 cm³/mol. The Morgan fingerprint density at radius 2 is 1.53 bits per heavy atom. The first kappa shape index (κ1) is 28.0. The van der Waals surface area contributed by atoms with Gasteiger partial charge in [-0.05, 0) is 0 Å². The summed E-state index contributed by atoms with van der Waals surface area (Å²) in [6, 6.07) is 0. The molecule has 0 amide bonds. The second-order valence-corrected chi connectivity index (χ2v) is 4.30. The molecule has 0 saturated carbocycles. The predicted octanol–water partition coefficient (Wildman–Crippen LogP) is -11.6. The van der Waals surface area contributed by atoms with Gasteiger partial charge in [0.25, 0.3) is 10.1 Å². The van der Waals surface area contributed by atoms with Gasteiger partial charge in [0.15, 0.2) is 0 Å². The monoisotopic (exact) mass is 318 g/mol. The minimum atomic E-state index is -4.94. The second-order valence-electron chi connectivity index (χ2n) is 2.70. The molecule has 0 saturated heterocycles. The van der Waals surface area contributed by atoms with Gasteiger partial charge in [-0.25, -0.2) is 0 Å². The van der Waals surface area contributed by atoms with Gasteiger partial charge in [0, 0.05) is 18.9 Å². The van der Waals surface area contributed by atoms with E-state index in [9.17, 15) is 28.2 Å². The fourth-order valence-corrected chi connectivity index (χ4v) is 1.05. The van der Waals surface area contributed by atoms with Gasteiger partial charge in [-0.1, -0.05) is 0 Å². The van der Waals surface area contributed by atoms with E-state index in [4.69, 9.17) is 21.1 Å². The van der Waals surface area contributed by atoms with E-state index in [1.54, 1.807) is 0 Å². The number of carboxylic acids is 2. The van der Waals surface area contributed by atoms with Crippen molar-refractivity contribution >= 4 is 22.1 Å². The van der Waals surface area contributed by atoms with Gasteiger partial charge in [-0.3, -0.25) is 4.55 Å². The molecule has 6 N–H and O–H groups in total. The molecule has 2 unspecified atom stereocenters. The zero-order chi connectivity index (χ0) is 14.2. The van der Waals surface area contributed by atoms with Crippen LogP contribution in [0.15, 0.2) is 0 Å². The van der Waals surface area contributed by atoms with Crippen LogP contribution in [-0.2, 0) is 19.7 Å². The number of aliphatic hydroxyl groups excluding tert-OH is 1. The van der Waals surface area contributed by atoms with E-state index in [2.05, 4.69) is 0 Å². The molecule has 0 aromatic rings. The number of aliphatic carboxylic acids is 2. The van der Waals surface area contributed by atoms with Gasteiger partial charge >= 0.3 is 59.1 Å². The van der Waals surface area contributed by atoms with Gasteiger partial charge in [0.2, 0.25) is 0 Å². The minimum absolute atomic E-state index is 0. The average molecular weight is 318 g/mol. The Morgan fingerprint density at radius 3 is 1.58 bits per heavy atom. The standard InChI is InChI=1S/C4H6O7S.C2H8N2O.2Na/c5-3(6)1-2(4(7)8)12(9,10)11;3-1-2(4)5;;/h2H,1H2,(H,5,6)(H,7,8)(H,9,10,11);2,5H,1,3-4H2;;/q;;2*+1/p-2. The molecule has 2 atom stereocenters. The maximum absolute atomic E-state index is 10.2. The third kappa shape index (κ3) is 18.7. The summed E-state index contributed by atoms with van der Waals surface area (Å²) in [7, 11) is -4.94. The van der Waals surface area contributed by atoms with Crippen LogP contribution in [0, 0.1) is 0 Å². The SMILES string of the molecule is NCC(N)O.O=C([O-])CC(C(=O)[O-])S(=O)(=O)O.[Na+].[Na+]. The Kier molecular flexibility index (Phi) is 20.2. The normalized spacial score (nSPS) is 12.6. The largest absolute Gasteiger partial charge is 1.00 e. The van der Waals surface area contributed by atoms with Crippen LogP contribution in [0.25, 0.3) is 0 Å². The summed E-state index contributed by atoms with van der Waals surface area (Å²) in [6.45, 7) is 0.139. The van der Waals surface area contributed by atoms with Crippen molar-refractivity contribution in [3.8, 4) is 0 Å². The number of rotatable bonds is 5. The fraction of sp³-hybridized carbons (Fsp3) is 0.667. The summed E-state index contributed by atoms with van der Waals surface area (Å²) in [5.74, 6) is -4.08. The molecule has 0 aromatic heterocycles. The van der Waals surface area contributed by atoms with Gasteiger partial charge < -0.3 is 36.4 Å². The molecule has 13 heteroatoms. The maximum Gasteiger partial charge on any atom is 1.00 e. The summed E-state index contributed by atoms with van der Waals surface area (Å²) in [6.07, 6.45) is -2.17. The van der Waals surface area contributed by atoms with Crippen molar-refractivity contribution in [3.05, 3.63) is 0 Å². The van der Waals surface area contributed by atoms with Crippen molar-refractivity contribution in [2.24, 2.45) is 11.5 Å². The maximum atomic E-state index is 10.2. The van der Waals surface area contributed by atoms with Crippen LogP contribution in [0.5, 0.6) is 0 Å². The molecule has 0 bridgehead atoms. The van der Waals surface area contributed by atoms with Gasteiger partial charge in [0.05, 0.1) is 5.97 Å². The molecular formula is C6H12N2Na2O8S. The van der Waals surface area contributed by atoms with Crippen LogP contribution in [0.2, 0.25) is 0 Å². The quantitative estimate of drug-likeness (QED) is 0.214. The third-order valence-electron chi connectivity index (χ3n) is 1.22. The van der Waals surface area contributed by atoms with Crippen LogP contribution in [0.1, 0.15) is 6.42 Å². The molecule has 19 heavy (non-hydrogen) atoms. The van der Waals surface area contributed by atoms with Crippen molar-refractivity contribution in [2.75, 3.05) is 6.54 Å². The molecule has 0 rings (SSSR count). The topological polar surface area (TPSA) is 207 Å². The first-order chi connectivity index (χ1) is 7.52. The van der Waals surface area contributed by atoms with Crippen molar-refractivity contribution < 1.29 is 97.0 Å². The molecule has 0 aliphatic rings. The first-order valence-corrected chi connectivity index (χ1v) is 5.53. The van der Waals surface area contributed by atoms with Gasteiger partial charge in [0.1, 0.15) is 11.5 Å². The van der Waals surface area contributed by atoms with Gasteiger partial charge in [-0.2, -0.15) is 8.42 Å². The van der Waals surface area contributed by atoms with Crippen molar-refractivity contribution in [3.63, 3.8) is 0 Å². The van der Waals surface area contributed by atoms with E-state index in [0.717, 1.165) is 0 Å². The summed E-state index contributed by atoms with van der Waals surface area (Å²) in [5, 5.41) is 25.3. The molecule has 0 aliphatic heterocycles. The number of carbonyl (C=O) groups is 2. The Morgan fingerprint density at radius 1 is 1.21 bits per heavy atom. The van der Waals surface area contributed by atoms with Crippen molar-refractivity contribution in [1.29, 1.82) is 0 Å². The van der Waals surface area contributed by atoms with Crippen LogP contribution in [0.3, 0.4) is 0 Å². The van der Waals surface area contributed by atoms with Crippen LogP contribution < -0.4 is 80.8 Å². The Balaban J connectivity index is -0.000000139. The average Bonchev–Trinajstić information content (AvgIpc) is 2.12. The Labute approximate surface area is 153 Å². The third-order valence-corrected chi connectivity index (χ3v) is 2.29. The molecule has 0 aliphatic carbocycles. The fourth-order valence-electron chi connectivity index (χ4n) is 0.462. The molecule has 0 spiro atoms. The molecule has 0 heterocycles. The number of carboxylic acid groups (broad SMARTS) is 2. The number of hydrogen-bond acceptors (Lipinski definition) is 9. The van der Waals surface area contributed by atoms with Crippen molar-refractivity contribution in [1.82, 2.24) is 0 Å². The molecule has 0 radical (unpaired) electrons. The smallest absolute Gasteiger partial charge is 0.550 e. The Hall–Kier alpha value is 0.730. The van der Waals surface area contributed by atoms with E-state index < -0.39 is 40.0 Å². The summed E-state index contributed by atoms with van der Waals surface area (Å²) >= 11 is 0. The summed E-state index contributed by atoms with van der Waals surface area (Å²) in [5.41, 5.74) is 9.52. The van der Waals surface area contributed by atoms with Crippen LogP contribution in [0.4, 0.5) is 0 Å².